The first-order valence-corrected chi connectivity index (χ1v) is 19.8. The van der Waals surface area contributed by atoms with Crippen molar-refractivity contribution < 1.29 is 36.3 Å². The van der Waals surface area contributed by atoms with Gasteiger partial charge in [-0.2, -0.15) is 5.10 Å². The molecular weight excluding hydrogens is 817 g/mol. The van der Waals surface area contributed by atoms with Gasteiger partial charge in [-0.15, -0.1) is 0 Å². The molecule has 3 unspecified atom stereocenters. The highest BCUT2D eigenvalue weighted by atomic mass is 127. The quantitative estimate of drug-likeness (QED) is 0.0940. The van der Waals surface area contributed by atoms with Crippen LogP contribution in [-0.4, -0.2) is 70.3 Å². The molecule has 4 atom stereocenters. The van der Waals surface area contributed by atoms with Gasteiger partial charge < -0.3 is 5.32 Å². The molecule has 4 heterocycles. The van der Waals surface area contributed by atoms with Gasteiger partial charge in [0.15, 0.2) is 11.3 Å². The highest BCUT2D eigenvalue weighted by Gasteiger charge is 2.60. The summed E-state index contributed by atoms with van der Waals surface area (Å²) in [5, 5.41) is 26.4. The average molecular weight is 851 g/mol. The molecule has 1 N–H and O–H groups in total. The lowest BCUT2D eigenvalue weighted by atomic mass is 9.72. The summed E-state index contributed by atoms with van der Waals surface area (Å²) in [6.07, 6.45) is 6.25. The summed E-state index contributed by atoms with van der Waals surface area (Å²) >= 11 is 2.18. The summed E-state index contributed by atoms with van der Waals surface area (Å²) in [6.45, 7) is 0. The number of aromatic nitrogens is 5. The number of nitrogens with one attached hydrogen (secondary N) is 1. The molecule has 8 rings (SSSR count). The van der Waals surface area contributed by atoms with Crippen LogP contribution in [0.2, 0.25) is 0 Å². The van der Waals surface area contributed by atoms with E-state index in [-0.39, 0.29) is 64.1 Å². The van der Waals surface area contributed by atoms with E-state index >= 15 is 0 Å². The van der Waals surface area contributed by atoms with Crippen LogP contribution in [0.4, 0.5) is 14.5 Å². The van der Waals surface area contributed by atoms with Gasteiger partial charge in [-0.3, -0.25) is 19.7 Å². The lowest BCUT2D eigenvalue weighted by Gasteiger charge is -2.33. The number of carbonyl (C=O) groups is 2. The number of hydrogen-bond acceptors (Lipinski definition) is 11. The second-order valence-corrected chi connectivity index (χ2v) is 17.8. The number of rotatable bonds is 10. The van der Waals surface area contributed by atoms with Crippen molar-refractivity contribution in [2.45, 2.75) is 97.0 Å². The van der Waals surface area contributed by atoms with Gasteiger partial charge in [-0.25, -0.2) is 35.6 Å². The summed E-state index contributed by atoms with van der Waals surface area (Å²) < 4.78 is 63.3. The zero-order valence-corrected chi connectivity index (χ0v) is 30.5. The fourth-order valence-electron chi connectivity index (χ4n) is 8.01. The molecule has 19 heteroatoms. The van der Waals surface area contributed by atoms with Crippen LogP contribution in [0, 0.1) is 21.4 Å². The monoisotopic (exact) mass is 850 g/mol. The van der Waals surface area contributed by atoms with E-state index in [2.05, 4.69) is 43.3 Å². The van der Waals surface area contributed by atoms with E-state index in [1.807, 2.05) is 0 Å². The Morgan fingerprint density at radius 3 is 2.54 bits per heavy atom. The van der Waals surface area contributed by atoms with Crippen molar-refractivity contribution >= 4 is 55.8 Å². The second-order valence-electron chi connectivity index (χ2n) is 14.4. The highest BCUT2D eigenvalue weighted by molar-refractivity contribution is 14.1. The van der Waals surface area contributed by atoms with Crippen molar-refractivity contribution in [3.05, 3.63) is 75.5 Å². The van der Waals surface area contributed by atoms with Crippen molar-refractivity contribution in [1.29, 1.82) is 0 Å². The third kappa shape index (κ3) is 6.21. The molecule has 3 aliphatic carbocycles. The van der Waals surface area contributed by atoms with Crippen molar-refractivity contribution in [2.24, 2.45) is 11.3 Å². The molecule has 1 saturated heterocycles. The molecule has 2 bridgehead atoms. The SMILES string of the molecule is O=C(N[C@H](c1cn2ncc(CC34CCC(I)C(C3)N(S(=O)(=O)c3ccc([N+](=O)[O-])cc3)C4=O)cc2n1)C1CCC(F)(F)CC1)c1nonc1C1CC1. The van der Waals surface area contributed by atoms with Gasteiger partial charge in [0.2, 0.25) is 11.8 Å². The smallest absolute Gasteiger partial charge is 0.276 e. The first-order chi connectivity index (χ1) is 24.7. The Morgan fingerprint density at radius 2 is 1.85 bits per heavy atom. The van der Waals surface area contributed by atoms with Crippen molar-refractivity contribution in [2.75, 3.05) is 0 Å². The van der Waals surface area contributed by atoms with Crippen molar-refractivity contribution in [3.63, 3.8) is 0 Å². The number of nitrogens with zero attached hydrogens (tertiary/aromatic N) is 7. The minimum Gasteiger partial charge on any atom is -0.342 e. The van der Waals surface area contributed by atoms with Crippen LogP contribution in [0.25, 0.3) is 5.65 Å². The van der Waals surface area contributed by atoms with Gasteiger partial charge >= 0.3 is 0 Å². The number of nitro benzene ring substituents is 1. The van der Waals surface area contributed by atoms with Crippen LogP contribution in [0.3, 0.4) is 0 Å². The lowest BCUT2D eigenvalue weighted by Crippen LogP contribution is -2.42. The number of carbonyl (C=O) groups excluding carboxylic acids is 2. The molecular formula is C33H33F2IN8O7S. The molecule has 3 aromatic heterocycles. The van der Waals surface area contributed by atoms with Crippen molar-refractivity contribution in [3.8, 4) is 0 Å². The van der Waals surface area contributed by atoms with E-state index in [4.69, 9.17) is 9.61 Å². The Labute approximate surface area is 309 Å². The third-order valence-corrected chi connectivity index (χ3v) is 14.2. The first kappa shape index (κ1) is 34.9. The van der Waals surface area contributed by atoms with Gasteiger partial charge in [0, 0.05) is 34.8 Å². The Bertz CT molecular complexity index is 2180. The van der Waals surface area contributed by atoms with E-state index in [1.54, 1.807) is 18.5 Å². The topological polar surface area (TPSA) is 196 Å². The minimum absolute atomic E-state index is 0.0717. The number of hydrogen-bond donors (Lipinski definition) is 1. The molecule has 4 aliphatic rings. The van der Waals surface area contributed by atoms with Gasteiger partial charge in [-0.1, -0.05) is 27.7 Å². The molecule has 3 saturated carbocycles. The maximum atomic E-state index is 14.2. The standard InChI is InChI=1S/C33H33F2IN8O7S/c34-33(35)11-7-20(8-12-33)27(39-30(45)29-28(19-1-2-19)40-51-41-29)24-17-42-26(38-24)13-18(16-37-42)14-32-10-9-23(36)25(15-32)43(31(32)46)52(49,50)22-5-3-21(4-6-22)44(47)48/h3-6,13,16-17,19-20,23,25,27H,1-2,7-12,14-15H2,(H,39,45)/t23?,25?,27-,32?/m0/s1. The van der Waals surface area contributed by atoms with Gasteiger partial charge in [0.25, 0.3) is 21.6 Å². The van der Waals surface area contributed by atoms with Crippen LogP contribution in [0.5, 0.6) is 0 Å². The predicted molar refractivity (Wildman–Crippen MR) is 185 cm³/mol. The van der Waals surface area contributed by atoms with E-state index in [0.717, 1.165) is 41.4 Å². The number of non-ortho nitro benzene ring substituents is 1. The Morgan fingerprint density at radius 1 is 1.12 bits per heavy atom. The summed E-state index contributed by atoms with van der Waals surface area (Å²) in [7, 11) is -4.31. The fourth-order valence-corrected chi connectivity index (χ4v) is 10.8. The second kappa shape index (κ2) is 12.8. The number of halogens is 3. The minimum atomic E-state index is -4.31. The van der Waals surface area contributed by atoms with Crippen molar-refractivity contribution in [1.82, 2.24) is 34.5 Å². The number of benzene rings is 1. The highest BCUT2D eigenvalue weighted by Crippen LogP contribution is 2.52. The molecule has 2 amide bonds. The van der Waals surface area contributed by atoms with Crippen LogP contribution in [-0.2, 0) is 21.2 Å². The largest absolute Gasteiger partial charge is 0.342 e. The molecule has 274 valence electrons. The molecule has 4 fully saturated rings. The summed E-state index contributed by atoms with van der Waals surface area (Å²) in [5.74, 6) is -4.07. The number of sulfonamides is 1. The predicted octanol–water partition coefficient (Wildman–Crippen LogP) is 5.31. The maximum absolute atomic E-state index is 14.2. The average Bonchev–Trinajstić information content (AvgIpc) is 3.58. The Kier molecular flexibility index (Phi) is 8.57. The molecule has 0 radical (unpaired) electrons. The Hall–Kier alpha value is -4.14. The van der Waals surface area contributed by atoms with Crippen LogP contribution >= 0.6 is 22.6 Å². The van der Waals surface area contributed by atoms with E-state index in [1.165, 1.54) is 4.52 Å². The third-order valence-electron chi connectivity index (χ3n) is 10.9. The van der Waals surface area contributed by atoms with Crippen LogP contribution < -0.4 is 5.32 Å². The first-order valence-electron chi connectivity index (χ1n) is 17.1. The summed E-state index contributed by atoms with van der Waals surface area (Å²) in [5.41, 5.74) is 0.754. The summed E-state index contributed by atoms with van der Waals surface area (Å²) in [6, 6.07) is 4.94. The number of amides is 2. The maximum Gasteiger partial charge on any atom is 0.276 e. The van der Waals surface area contributed by atoms with Gasteiger partial charge in [-0.05, 0) is 86.2 Å². The molecule has 4 aromatic rings. The van der Waals surface area contributed by atoms with E-state index in [9.17, 15) is 36.9 Å². The van der Waals surface area contributed by atoms with E-state index < -0.39 is 50.2 Å². The molecule has 52 heavy (non-hydrogen) atoms. The zero-order chi connectivity index (χ0) is 36.6. The zero-order valence-electron chi connectivity index (χ0n) is 27.5. The molecule has 0 spiro atoms. The van der Waals surface area contributed by atoms with E-state index in [0.29, 0.717) is 41.9 Å². The number of alkyl halides is 3. The van der Waals surface area contributed by atoms with Gasteiger partial charge in [0.1, 0.15) is 5.69 Å². The van der Waals surface area contributed by atoms with Crippen LogP contribution in [0.15, 0.2) is 52.3 Å². The molecule has 15 nitrogen and oxygen atoms in total. The lowest BCUT2D eigenvalue weighted by molar-refractivity contribution is -0.384. The summed E-state index contributed by atoms with van der Waals surface area (Å²) in [4.78, 5) is 42.8. The van der Waals surface area contributed by atoms with Crippen LogP contribution in [0.1, 0.15) is 97.2 Å². The molecule has 1 aliphatic heterocycles. The number of nitro groups is 1. The number of imidazole rings is 1. The number of fused-ring (bicyclic) bond motifs is 3. The fraction of sp³-hybridized carbons (Fsp3) is 0.515. The van der Waals surface area contributed by atoms with Gasteiger partial charge in [0.05, 0.1) is 45.4 Å². The Balaban J connectivity index is 1.07. The normalized spacial score (nSPS) is 25.4. The molecule has 1 aromatic carbocycles.